The Balaban J connectivity index is 2.33. The minimum absolute atomic E-state index is 0.0174. The molecule has 1 aliphatic rings. The molecule has 0 spiro atoms. The van der Waals surface area contributed by atoms with E-state index in [-0.39, 0.29) is 24.5 Å². The van der Waals surface area contributed by atoms with Crippen molar-refractivity contribution in [2.24, 2.45) is 0 Å². The molecule has 0 saturated carbocycles. The Hall–Kier alpha value is -1.88. The molecule has 20 heavy (non-hydrogen) atoms. The van der Waals surface area contributed by atoms with Gasteiger partial charge in [-0.05, 0) is 25.0 Å². The van der Waals surface area contributed by atoms with Crippen LogP contribution in [0.5, 0.6) is 0 Å². The summed E-state index contributed by atoms with van der Waals surface area (Å²) in [5.41, 5.74) is 1.11. The largest absolute Gasteiger partial charge is 0.394 e. The third-order valence-electron chi connectivity index (χ3n) is 3.82. The molecular formula is C15H20N2O3. The molecule has 2 amide bonds. The second-order valence-corrected chi connectivity index (χ2v) is 5.07. The maximum Gasteiger partial charge on any atom is 0.256 e. The molecule has 108 valence electrons. The maximum atomic E-state index is 12.6. The van der Waals surface area contributed by atoms with Crippen molar-refractivity contribution in [2.75, 3.05) is 25.1 Å². The summed E-state index contributed by atoms with van der Waals surface area (Å²) in [5, 5.41) is 9.34. The highest BCUT2D eigenvalue weighted by Gasteiger charge is 2.30. The second kappa shape index (κ2) is 6.05. The predicted octanol–water partition coefficient (Wildman–Crippen LogP) is 1.27. The third-order valence-corrected chi connectivity index (χ3v) is 3.82. The Kier molecular flexibility index (Phi) is 4.39. The van der Waals surface area contributed by atoms with Gasteiger partial charge in [0.1, 0.15) is 0 Å². The molecule has 1 aromatic carbocycles. The van der Waals surface area contributed by atoms with Crippen molar-refractivity contribution >= 4 is 17.5 Å². The van der Waals surface area contributed by atoms with E-state index in [1.807, 2.05) is 0 Å². The van der Waals surface area contributed by atoms with Crippen LogP contribution in [-0.4, -0.2) is 48.1 Å². The number of aliphatic hydroxyl groups is 1. The Morgan fingerprint density at radius 2 is 2.10 bits per heavy atom. The van der Waals surface area contributed by atoms with Gasteiger partial charge in [-0.15, -0.1) is 0 Å². The number of rotatable bonds is 3. The molecule has 0 bridgehead atoms. The van der Waals surface area contributed by atoms with Crippen molar-refractivity contribution in [1.82, 2.24) is 4.90 Å². The van der Waals surface area contributed by atoms with E-state index in [2.05, 4.69) is 0 Å². The fourth-order valence-electron chi connectivity index (χ4n) is 2.56. The fraction of sp³-hybridized carbons (Fsp3) is 0.467. The maximum absolute atomic E-state index is 12.6. The lowest BCUT2D eigenvalue weighted by molar-refractivity contribution is -0.116. The van der Waals surface area contributed by atoms with E-state index in [1.165, 1.54) is 11.8 Å². The van der Waals surface area contributed by atoms with Crippen LogP contribution in [0.4, 0.5) is 5.69 Å². The van der Waals surface area contributed by atoms with Crippen LogP contribution in [0.3, 0.4) is 0 Å². The molecule has 1 saturated heterocycles. The highest BCUT2D eigenvalue weighted by molar-refractivity contribution is 6.04. The molecule has 1 heterocycles. The van der Waals surface area contributed by atoms with Crippen molar-refractivity contribution in [3.63, 3.8) is 0 Å². The summed E-state index contributed by atoms with van der Waals surface area (Å²) in [5.74, 6) is -0.240. The first-order valence-electron chi connectivity index (χ1n) is 6.81. The fourth-order valence-corrected chi connectivity index (χ4v) is 2.56. The van der Waals surface area contributed by atoms with E-state index < -0.39 is 0 Å². The van der Waals surface area contributed by atoms with Crippen LogP contribution in [-0.2, 0) is 4.79 Å². The molecule has 0 radical (unpaired) electrons. The minimum Gasteiger partial charge on any atom is -0.394 e. The second-order valence-electron chi connectivity index (χ2n) is 5.07. The molecule has 5 heteroatoms. The van der Waals surface area contributed by atoms with Crippen molar-refractivity contribution in [3.05, 3.63) is 29.8 Å². The molecule has 2 rings (SSSR count). The highest BCUT2D eigenvalue weighted by Crippen LogP contribution is 2.25. The van der Waals surface area contributed by atoms with E-state index in [0.29, 0.717) is 17.8 Å². The van der Waals surface area contributed by atoms with Crippen molar-refractivity contribution in [2.45, 2.75) is 25.8 Å². The third kappa shape index (κ3) is 2.67. The van der Waals surface area contributed by atoms with Gasteiger partial charge < -0.3 is 14.9 Å². The lowest BCUT2D eigenvalue weighted by atomic mass is 10.1. The number of anilines is 1. The summed E-state index contributed by atoms with van der Waals surface area (Å²) in [6, 6.07) is 6.97. The Labute approximate surface area is 118 Å². The summed E-state index contributed by atoms with van der Waals surface area (Å²) < 4.78 is 0. The van der Waals surface area contributed by atoms with Crippen LogP contribution < -0.4 is 4.90 Å². The number of carbonyl (C=O) groups excluding carboxylic acids is 2. The molecule has 5 nitrogen and oxygen atoms in total. The number of amides is 2. The molecular weight excluding hydrogens is 256 g/mol. The zero-order valence-electron chi connectivity index (χ0n) is 11.9. The van der Waals surface area contributed by atoms with E-state index in [1.54, 1.807) is 36.2 Å². The molecule has 1 aliphatic heterocycles. The summed E-state index contributed by atoms with van der Waals surface area (Å²) in [6.45, 7) is 2.10. The first-order chi connectivity index (χ1) is 9.56. The molecule has 0 aromatic heterocycles. The van der Waals surface area contributed by atoms with Gasteiger partial charge >= 0.3 is 0 Å². The van der Waals surface area contributed by atoms with Gasteiger partial charge in [0.25, 0.3) is 5.91 Å². The quantitative estimate of drug-likeness (QED) is 0.904. The number of benzene rings is 1. The average molecular weight is 276 g/mol. The van der Waals surface area contributed by atoms with Crippen LogP contribution >= 0.6 is 0 Å². The van der Waals surface area contributed by atoms with Gasteiger partial charge in [0, 0.05) is 20.5 Å². The lowest BCUT2D eigenvalue weighted by Gasteiger charge is -2.26. The highest BCUT2D eigenvalue weighted by atomic mass is 16.3. The number of carbonyl (C=O) groups is 2. The van der Waals surface area contributed by atoms with Crippen molar-refractivity contribution in [3.8, 4) is 0 Å². The van der Waals surface area contributed by atoms with Gasteiger partial charge in [0.05, 0.1) is 23.9 Å². The normalized spacial score (nSPS) is 18.1. The van der Waals surface area contributed by atoms with E-state index >= 15 is 0 Å². The summed E-state index contributed by atoms with van der Waals surface area (Å²) in [6.07, 6.45) is 1.73. The number of para-hydroxylation sites is 1. The summed E-state index contributed by atoms with van der Waals surface area (Å²) >= 11 is 0. The molecule has 1 atom stereocenters. The predicted molar refractivity (Wildman–Crippen MR) is 76.7 cm³/mol. The summed E-state index contributed by atoms with van der Waals surface area (Å²) in [7, 11) is 1.65. The van der Waals surface area contributed by atoms with Crippen molar-refractivity contribution < 1.29 is 14.7 Å². The zero-order chi connectivity index (χ0) is 14.7. The van der Waals surface area contributed by atoms with Crippen molar-refractivity contribution in [1.29, 1.82) is 0 Å². The Bertz CT molecular complexity index is 516. The molecule has 1 N–H and O–H groups in total. The molecule has 0 unspecified atom stereocenters. The zero-order valence-corrected chi connectivity index (χ0v) is 11.9. The van der Waals surface area contributed by atoms with Crippen LogP contribution in [0.15, 0.2) is 24.3 Å². The monoisotopic (exact) mass is 276 g/mol. The van der Waals surface area contributed by atoms with Crippen LogP contribution in [0.2, 0.25) is 0 Å². The number of likely N-dealkylation sites (tertiary alicyclic amines) is 1. The number of hydrogen-bond donors (Lipinski definition) is 1. The Morgan fingerprint density at radius 3 is 2.75 bits per heavy atom. The smallest absolute Gasteiger partial charge is 0.256 e. The molecule has 1 fully saturated rings. The first-order valence-corrected chi connectivity index (χ1v) is 6.81. The van der Waals surface area contributed by atoms with Gasteiger partial charge in [0.2, 0.25) is 5.91 Å². The summed E-state index contributed by atoms with van der Waals surface area (Å²) in [4.78, 5) is 27.3. The molecule has 0 aliphatic carbocycles. The van der Waals surface area contributed by atoms with Crippen LogP contribution in [0.25, 0.3) is 0 Å². The lowest BCUT2D eigenvalue weighted by Crippen LogP contribution is -2.38. The van der Waals surface area contributed by atoms with Crippen LogP contribution in [0, 0.1) is 0 Å². The van der Waals surface area contributed by atoms with Gasteiger partial charge in [-0.1, -0.05) is 12.1 Å². The van der Waals surface area contributed by atoms with Gasteiger partial charge in [-0.3, -0.25) is 9.59 Å². The average Bonchev–Trinajstić information content (AvgIpc) is 2.94. The first kappa shape index (κ1) is 14.5. The van der Waals surface area contributed by atoms with Crippen LogP contribution in [0.1, 0.15) is 30.1 Å². The number of hydrogen-bond acceptors (Lipinski definition) is 3. The standard InChI is InChI=1S/C15H20N2O3/c1-11(19)16(2)14-8-4-3-7-13(14)15(20)17-9-5-6-12(17)10-18/h3-4,7-8,12,18H,5-6,9-10H2,1-2H3/t12-/m0/s1. The van der Waals surface area contributed by atoms with Gasteiger partial charge in [-0.25, -0.2) is 0 Å². The topological polar surface area (TPSA) is 60.9 Å². The number of nitrogens with zero attached hydrogens (tertiary/aromatic N) is 2. The van der Waals surface area contributed by atoms with Gasteiger partial charge in [0.15, 0.2) is 0 Å². The molecule has 1 aromatic rings. The van der Waals surface area contributed by atoms with E-state index in [9.17, 15) is 14.7 Å². The Morgan fingerprint density at radius 1 is 1.40 bits per heavy atom. The minimum atomic E-state index is -0.120. The number of aliphatic hydroxyl groups excluding tert-OH is 1. The van der Waals surface area contributed by atoms with E-state index in [4.69, 9.17) is 0 Å². The SMILES string of the molecule is CC(=O)N(C)c1ccccc1C(=O)N1CCC[C@H]1CO. The van der Waals surface area contributed by atoms with E-state index in [0.717, 1.165) is 12.8 Å². The van der Waals surface area contributed by atoms with Gasteiger partial charge in [-0.2, -0.15) is 0 Å².